The quantitative estimate of drug-likeness (QED) is 0.421. The first kappa shape index (κ1) is 12.2. The number of carbonyl (C=O) groups is 1. The number of hydrogen-bond donors (Lipinski definition) is 4. The zero-order chi connectivity index (χ0) is 12.1. The summed E-state index contributed by atoms with van der Waals surface area (Å²) in [5.74, 6) is -0.868. The zero-order valence-corrected chi connectivity index (χ0v) is 9.03. The van der Waals surface area contributed by atoms with Crippen LogP contribution < -0.4 is 11.1 Å². The Bertz CT molecular complexity index is 387. The second kappa shape index (κ2) is 5.27. The van der Waals surface area contributed by atoms with Gasteiger partial charge >= 0.3 is 5.97 Å². The van der Waals surface area contributed by atoms with Crippen LogP contribution in [0.15, 0.2) is 24.3 Å². The molecule has 0 aliphatic rings. The van der Waals surface area contributed by atoms with E-state index in [2.05, 4.69) is 5.32 Å². The van der Waals surface area contributed by atoms with Crippen molar-refractivity contribution in [1.82, 2.24) is 5.32 Å². The molecular formula is C11H15N3O2. The van der Waals surface area contributed by atoms with E-state index in [1.165, 1.54) is 0 Å². The summed E-state index contributed by atoms with van der Waals surface area (Å²) in [5, 5.41) is 18.8. The van der Waals surface area contributed by atoms with Gasteiger partial charge < -0.3 is 16.2 Å². The van der Waals surface area contributed by atoms with Gasteiger partial charge in [-0.15, -0.1) is 0 Å². The second-order valence-corrected chi connectivity index (χ2v) is 3.49. The van der Waals surface area contributed by atoms with E-state index in [0.717, 1.165) is 5.56 Å². The van der Waals surface area contributed by atoms with Gasteiger partial charge in [-0.2, -0.15) is 0 Å². The second-order valence-electron chi connectivity index (χ2n) is 3.49. The molecule has 0 unspecified atom stereocenters. The third-order valence-corrected chi connectivity index (χ3v) is 2.35. The maximum absolute atomic E-state index is 10.8. The van der Waals surface area contributed by atoms with Crippen LogP contribution in [0.2, 0.25) is 0 Å². The molecule has 0 heterocycles. The third-order valence-electron chi connectivity index (χ3n) is 2.35. The number of aliphatic carboxylic acids is 1. The summed E-state index contributed by atoms with van der Waals surface area (Å²) in [5.41, 5.74) is 6.85. The van der Waals surface area contributed by atoms with Crippen LogP contribution in [0.5, 0.6) is 0 Å². The summed E-state index contributed by atoms with van der Waals surface area (Å²) >= 11 is 0. The van der Waals surface area contributed by atoms with Gasteiger partial charge in [0, 0.05) is 5.56 Å². The van der Waals surface area contributed by atoms with Crippen molar-refractivity contribution in [3.05, 3.63) is 35.4 Å². The normalized spacial score (nSPS) is 12.1. The van der Waals surface area contributed by atoms with Gasteiger partial charge in [0.1, 0.15) is 11.9 Å². The average molecular weight is 221 g/mol. The fourth-order valence-corrected chi connectivity index (χ4v) is 1.37. The van der Waals surface area contributed by atoms with Crippen molar-refractivity contribution in [3.63, 3.8) is 0 Å². The molecule has 0 amide bonds. The van der Waals surface area contributed by atoms with E-state index >= 15 is 0 Å². The van der Waals surface area contributed by atoms with Crippen molar-refractivity contribution in [3.8, 4) is 0 Å². The van der Waals surface area contributed by atoms with Crippen molar-refractivity contribution in [2.24, 2.45) is 5.73 Å². The first-order valence-electron chi connectivity index (χ1n) is 4.88. The number of hydrogen-bond acceptors (Lipinski definition) is 3. The van der Waals surface area contributed by atoms with Crippen LogP contribution in [-0.4, -0.2) is 30.0 Å². The highest BCUT2D eigenvalue weighted by Gasteiger charge is 2.14. The van der Waals surface area contributed by atoms with Crippen LogP contribution in [0.25, 0.3) is 0 Å². The van der Waals surface area contributed by atoms with Gasteiger partial charge in [0.15, 0.2) is 0 Å². The fourth-order valence-electron chi connectivity index (χ4n) is 1.37. The van der Waals surface area contributed by atoms with Crippen LogP contribution in [-0.2, 0) is 11.2 Å². The molecule has 16 heavy (non-hydrogen) atoms. The number of nitrogens with two attached hydrogens (primary N) is 1. The van der Waals surface area contributed by atoms with Crippen molar-refractivity contribution in [2.75, 3.05) is 7.05 Å². The smallest absolute Gasteiger partial charge is 0.321 e. The Labute approximate surface area is 93.8 Å². The Morgan fingerprint density at radius 1 is 1.50 bits per heavy atom. The number of nitrogen functional groups attached to an aromatic ring is 1. The maximum Gasteiger partial charge on any atom is 0.321 e. The van der Waals surface area contributed by atoms with Gasteiger partial charge in [0.2, 0.25) is 0 Å². The number of rotatable bonds is 5. The monoisotopic (exact) mass is 221 g/mol. The number of benzene rings is 1. The highest BCUT2D eigenvalue weighted by molar-refractivity contribution is 5.94. The molecular weight excluding hydrogens is 206 g/mol. The topological polar surface area (TPSA) is 99.2 Å². The predicted octanol–water partition coefficient (Wildman–Crippen LogP) is 0.186. The number of nitrogens with one attached hydrogen (secondary N) is 2. The van der Waals surface area contributed by atoms with Crippen LogP contribution in [0.4, 0.5) is 0 Å². The van der Waals surface area contributed by atoms with Gasteiger partial charge in [0.05, 0.1) is 0 Å². The summed E-state index contributed by atoms with van der Waals surface area (Å²) < 4.78 is 0. The van der Waals surface area contributed by atoms with Crippen LogP contribution in [0.3, 0.4) is 0 Å². The Hall–Kier alpha value is -1.88. The Morgan fingerprint density at radius 3 is 2.44 bits per heavy atom. The number of carboxylic acids is 1. The van der Waals surface area contributed by atoms with E-state index in [1.54, 1.807) is 31.3 Å². The van der Waals surface area contributed by atoms with Crippen molar-refractivity contribution >= 4 is 11.8 Å². The van der Waals surface area contributed by atoms with E-state index in [1.807, 2.05) is 0 Å². The molecule has 0 spiro atoms. The van der Waals surface area contributed by atoms with Gasteiger partial charge in [0.25, 0.3) is 0 Å². The van der Waals surface area contributed by atoms with Crippen LogP contribution in [0, 0.1) is 5.41 Å². The molecule has 0 aliphatic heterocycles. The molecule has 86 valence electrons. The predicted molar refractivity (Wildman–Crippen MR) is 61.6 cm³/mol. The zero-order valence-electron chi connectivity index (χ0n) is 9.03. The molecule has 5 nitrogen and oxygen atoms in total. The highest BCUT2D eigenvalue weighted by Crippen LogP contribution is 2.06. The van der Waals surface area contributed by atoms with E-state index in [-0.39, 0.29) is 5.84 Å². The minimum Gasteiger partial charge on any atom is -0.480 e. The Balaban J connectivity index is 2.75. The molecule has 1 rings (SSSR count). The number of carboxylic acid groups (broad SMARTS) is 1. The Morgan fingerprint density at radius 2 is 2.06 bits per heavy atom. The standard InChI is InChI=1S/C11H15N3O2/c1-14-9(11(15)16)6-7-2-4-8(5-3-7)10(12)13/h2-5,9,14H,6H2,1H3,(H3,12,13)(H,15,16)/t9-/m0/s1. The van der Waals surface area contributed by atoms with Crippen molar-refractivity contribution in [2.45, 2.75) is 12.5 Å². The summed E-state index contributed by atoms with van der Waals surface area (Å²) in [6.45, 7) is 0. The molecule has 0 saturated carbocycles. The van der Waals surface area contributed by atoms with Gasteiger partial charge in [-0.05, 0) is 19.0 Å². The summed E-state index contributed by atoms with van der Waals surface area (Å²) in [4.78, 5) is 10.8. The first-order valence-corrected chi connectivity index (χ1v) is 4.88. The molecule has 0 bridgehead atoms. The lowest BCUT2D eigenvalue weighted by Crippen LogP contribution is -2.35. The third kappa shape index (κ3) is 3.06. The number of likely N-dealkylation sites (N-methyl/N-ethyl adjacent to an activating group) is 1. The van der Waals surface area contributed by atoms with Crippen LogP contribution >= 0.6 is 0 Å². The lowest BCUT2D eigenvalue weighted by molar-refractivity contribution is -0.139. The van der Waals surface area contributed by atoms with E-state index in [0.29, 0.717) is 12.0 Å². The molecule has 1 aromatic carbocycles. The fraction of sp³-hybridized carbons (Fsp3) is 0.273. The summed E-state index contributed by atoms with van der Waals surface area (Å²) in [7, 11) is 1.61. The lowest BCUT2D eigenvalue weighted by Gasteiger charge is -2.11. The average Bonchev–Trinajstić information content (AvgIpc) is 2.26. The van der Waals surface area contributed by atoms with Crippen molar-refractivity contribution in [1.29, 1.82) is 5.41 Å². The van der Waals surface area contributed by atoms with E-state index in [4.69, 9.17) is 16.2 Å². The lowest BCUT2D eigenvalue weighted by atomic mass is 10.0. The minimum absolute atomic E-state index is 0.00921. The van der Waals surface area contributed by atoms with Gasteiger partial charge in [-0.25, -0.2) is 0 Å². The van der Waals surface area contributed by atoms with Gasteiger partial charge in [-0.1, -0.05) is 24.3 Å². The van der Waals surface area contributed by atoms with Crippen LogP contribution in [0.1, 0.15) is 11.1 Å². The molecule has 0 fully saturated rings. The summed E-state index contributed by atoms with van der Waals surface area (Å²) in [6, 6.07) is 6.40. The minimum atomic E-state index is -0.877. The molecule has 0 radical (unpaired) electrons. The van der Waals surface area contributed by atoms with E-state index < -0.39 is 12.0 Å². The molecule has 1 atom stereocenters. The highest BCUT2D eigenvalue weighted by atomic mass is 16.4. The molecule has 1 aromatic rings. The molecule has 0 aromatic heterocycles. The van der Waals surface area contributed by atoms with Crippen molar-refractivity contribution < 1.29 is 9.90 Å². The molecule has 5 heteroatoms. The van der Waals surface area contributed by atoms with Gasteiger partial charge in [-0.3, -0.25) is 10.2 Å². The molecule has 5 N–H and O–H groups in total. The Kier molecular flexibility index (Phi) is 4.02. The first-order chi connectivity index (χ1) is 7.54. The number of amidine groups is 1. The van der Waals surface area contributed by atoms with E-state index in [9.17, 15) is 4.79 Å². The maximum atomic E-state index is 10.8. The SMILES string of the molecule is CN[C@@H](Cc1ccc(C(=N)N)cc1)C(=O)O. The largest absolute Gasteiger partial charge is 0.480 e. The summed E-state index contributed by atoms with van der Waals surface area (Å²) in [6.07, 6.45) is 0.407. The molecule has 0 saturated heterocycles. The molecule has 0 aliphatic carbocycles.